The number of nitrogens with zero attached hydrogens (tertiary/aromatic N) is 2. The number of halogens is 3. The van der Waals surface area contributed by atoms with Crippen molar-refractivity contribution >= 4 is 5.95 Å². The third kappa shape index (κ3) is 4.32. The van der Waals surface area contributed by atoms with Gasteiger partial charge < -0.3 is 15.4 Å². The average Bonchev–Trinajstić information content (AvgIpc) is 2.95. The molecule has 0 bridgehead atoms. The molecule has 0 saturated carbocycles. The molecule has 2 heterocycles. The summed E-state index contributed by atoms with van der Waals surface area (Å²) in [4.78, 5) is 8.64. The summed E-state index contributed by atoms with van der Waals surface area (Å²) in [5.74, 6) is 0.341. The van der Waals surface area contributed by atoms with E-state index in [1.807, 2.05) is 0 Å². The van der Waals surface area contributed by atoms with Crippen LogP contribution in [0, 0.1) is 0 Å². The molecule has 2 aromatic rings. The van der Waals surface area contributed by atoms with Gasteiger partial charge in [-0.3, -0.25) is 0 Å². The molecule has 3 rings (SSSR count). The fourth-order valence-corrected chi connectivity index (χ4v) is 2.32. The maximum absolute atomic E-state index is 12.1. The van der Waals surface area contributed by atoms with E-state index in [0.29, 0.717) is 18.9 Å². The van der Waals surface area contributed by atoms with Crippen LogP contribution in [0.3, 0.4) is 0 Å². The molecule has 0 saturated heterocycles. The maximum atomic E-state index is 12.1. The standard InChI is InChI=1S/C15H15F3N4O/c16-15(17,18)23-12-3-1-10(2-4-12)5-6-20-14-21-8-11-7-19-9-13(11)22-14/h1-4,8,19H,5-7,9H2,(H,20,21,22). The number of rotatable bonds is 5. The Morgan fingerprint density at radius 1 is 1.17 bits per heavy atom. The van der Waals surface area contributed by atoms with Gasteiger partial charge >= 0.3 is 6.36 Å². The first kappa shape index (κ1) is 15.5. The fraction of sp³-hybridized carbons (Fsp3) is 0.333. The van der Waals surface area contributed by atoms with Gasteiger partial charge in [0.05, 0.1) is 5.69 Å². The zero-order valence-corrected chi connectivity index (χ0v) is 12.2. The summed E-state index contributed by atoms with van der Waals surface area (Å²) in [6.07, 6.45) is -2.22. The number of fused-ring (bicyclic) bond motifs is 1. The minimum atomic E-state index is -4.66. The molecule has 1 aromatic heterocycles. The Labute approximate surface area is 130 Å². The molecule has 0 spiro atoms. The minimum Gasteiger partial charge on any atom is -0.406 e. The summed E-state index contributed by atoms with van der Waals surface area (Å²) in [5.41, 5.74) is 3.00. The Kier molecular flexibility index (Phi) is 4.33. The van der Waals surface area contributed by atoms with Crippen LogP contribution in [0.15, 0.2) is 30.5 Å². The van der Waals surface area contributed by atoms with Crippen LogP contribution in [-0.4, -0.2) is 22.9 Å². The maximum Gasteiger partial charge on any atom is 0.573 e. The molecule has 1 aliphatic heterocycles. The third-order valence-electron chi connectivity index (χ3n) is 3.42. The van der Waals surface area contributed by atoms with E-state index in [2.05, 4.69) is 25.3 Å². The molecule has 1 aromatic carbocycles. The van der Waals surface area contributed by atoms with Crippen molar-refractivity contribution in [3.63, 3.8) is 0 Å². The molecule has 0 atom stereocenters. The first-order valence-corrected chi connectivity index (χ1v) is 7.14. The van der Waals surface area contributed by atoms with Crippen LogP contribution in [0.4, 0.5) is 19.1 Å². The van der Waals surface area contributed by atoms with Gasteiger partial charge in [0.1, 0.15) is 5.75 Å². The van der Waals surface area contributed by atoms with Crippen LogP contribution in [0.5, 0.6) is 5.75 Å². The van der Waals surface area contributed by atoms with E-state index >= 15 is 0 Å². The van der Waals surface area contributed by atoms with Gasteiger partial charge in [0, 0.05) is 31.4 Å². The quantitative estimate of drug-likeness (QED) is 0.885. The van der Waals surface area contributed by atoms with Crippen LogP contribution in [-0.2, 0) is 19.5 Å². The molecular weight excluding hydrogens is 309 g/mol. The highest BCUT2D eigenvalue weighted by Gasteiger charge is 2.30. The minimum absolute atomic E-state index is 0.219. The molecule has 0 amide bonds. The zero-order valence-electron chi connectivity index (χ0n) is 12.2. The monoisotopic (exact) mass is 324 g/mol. The lowest BCUT2D eigenvalue weighted by molar-refractivity contribution is -0.274. The van der Waals surface area contributed by atoms with E-state index in [1.165, 1.54) is 12.1 Å². The molecular formula is C15H15F3N4O. The number of hydrogen-bond acceptors (Lipinski definition) is 5. The van der Waals surface area contributed by atoms with Gasteiger partial charge in [-0.2, -0.15) is 0 Å². The van der Waals surface area contributed by atoms with Crippen LogP contribution in [0.1, 0.15) is 16.8 Å². The van der Waals surface area contributed by atoms with Crippen molar-refractivity contribution < 1.29 is 17.9 Å². The highest BCUT2D eigenvalue weighted by Crippen LogP contribution is 2.22. The summed E-state index contributed by atoms with van der Waals surface area (Å²) in [6.45, 7) is 2.13. The molecule has 2 N–H and O–H groups in total. The lowest BCUT2D eigenvalue weighted by Crippen LogP contribution is -2.17. The highest BCUT2D eigenvalue weighted by atomic mass is 19.4. The number of nitrogens with one attached hydrogen (secondary N) is 2. The Morgan fingerprint density at radius 2 is 1.96 bits per heavy atom. The number of anilines is 1. The fourth-order valence-electron chi connectivity index (χ4n) is 2.32. The predicted molar refractivity (Wildman–Crippen MR) is 77.9 cm³/mol. The number of aromatic nitrogens is 2. The topological polar surface area (TPSA) is 59.1 Å². The molecule has 0 fully saturated rings. The Morgan fingerprint density at radius 3 is 2.70 bits per heavy atom. The first-order chi connectivity index (χ1) is 11.0. The average molecular weight is 324 g/mol. The summed E-state index contributed by atoms with van der Waals surface area (Å²) in [6, 6.07) is 5.83. The van der Waals surface area contributed by atoms with Crippen molar-refractivity contribution in [1.82, 2.24) is 15.3 Å². The first-order valence-electron chi connectivity index (χ1n) is 7.14. The van der Waals surface area contributed by atoms with Gasteiger partial charge in [-0.25, -0.2) is 9.97 Å². The van der Waals surface area contributed by atoms with Gasteiger partial charge in [0.2, 0.25) is 5.95 Å². The van der Waals surface area contributed by atoms with Crippen LogP contribution < -0.4 is 15.4 Å². The number of hydrogen-bond donors (Lipinski definition) is 2. The molecule has 1 aliphatic rings. The van der Waals surface area contributed by atoms with Crippen LogP contribution in [0.2, 0.25) is 0 Å². The zero-order chi connectivity index (χ0) is 16.3. The smallest absolute Gasteiger partial charge is 0.406 e. The van der Waals surface area contributed by atoms with E-state index in [1.54, 1.807) is 18.3 Å². The van der Waals surface area contributed by atoms with E-state index in [9.17, 15) is 13.2 Å². The molecule has 23 heavy (non-hydrogen) atoms. The molecule has 122 valence electrons. The van der Waals surface area contributed by atoms with Crippen molar-refractivity contribution in [1.29, 1.82) is 0 Å². The van der Waals surface area contributed by atoms with E-state index in [0.717, 1.165) is 29.9 Å². The molecule has 5 nitrogen and oxygen atoms in total. The van der Waals surface area contributed by atoms with E-state index in [-0.39, 0.29) is 5.75 Å². The lowest BCUT2D eigenvalue weighted by Gasteiger charge is -2.09. The van der Waals surface area contributed by atoms with Crippen molar-refractivity contribution in [3.05, 3.63) is 47.3 Å². The molecule has 0 aliphatic carbocycles. The van der Waals surface area contributed by atoms with Crippen molar-refractivity contribution in [2.75, 3.05) is 11.9 Å². The lowest BCUT2D eigenvalue weighted by atomic mass is 10.1. The second kappa shape index (κ2) is 6.41. The van der Waals surface area contributed by atoms with Gasteiger partial charge in [0.15, 0.2) is 0 Å². The second-order valence-corrected chi connectivity index (χ2v) is 5.14. The van der Waals surface area contributed by atoms with E-state index < -0.39 is 6.36 Å². The molecule has 0 radical (unpaired) electrons. The van der Waals surface area contributed by atoms with E-state index in [4.69, 9.17) is 0 Å². The van der Waals surface area contributed by atoms with Gasteiger partial charge in [0.25, 0.3) is 0 Å². The number of ether oxygens (including phenoxy) is 1. The summed E-state index contributed by atoms with van der Waals surface area (Å²) in [7, 11) is 0. The SMILES string of the molecule is FC(F)(F)Oc1ccc(CCNc2ncc3c(n2)CNC3)cc1. The van der Waals surface area contributed by atoms with Crippen LogP contribution >= 0.6 is 0 Å². The third-order valence-corrected chi connectivity index (χ3v) is 3.42. The van der Waals surface area contributed by atoms with Gasteiger partial charge in [-0.15, -0.1) is 13.2 Å². The molecule has 0 unspecified atom stereocenters. The number of benzene rings is 1. The second-order valence-electron chi connectivity index (χ2n) is 5.14. The predicted octanol–water partition coefficient (Wildman–Crippen LogP) is 2.63. The van der Waals surface area contributed by atoms with Crippen molar-refractivity contribution in [3.8, 4) is 5.75 Å². The number of alkyl halides is 3. The van der Waals surface area contributed by atoms with Crippen LogP contribution in [0.25, 0.3) is 0 Å². The van der Waals surface area contributed by atoms with Gasteiger partial charge in [-0.1, -0.05) is 12.1 Å². The largest absolute Gasteiger partial charge is 0.573 e. The highest BCUT2D eigenvalue weighted by molar-refractivity contribution is 5.32. The van der Waals surface area contributed by atoms with Crippen molar-refractivity contribution in [2.24, 2.45) is 0 Å². The summed E-state index contributed by atoms with van der Waals surface area (Å²) in [5, 5.41) is 6.31. The van der Waals surface area contributed by atoms with Gasteiger partial charge in [-0.05, 0) is 24.1 Å². The Bertz CT molecular complexity index is 673. The normalized spacial score (nSPS) is 13.7. The molecule has 8 heteroatoms. The van der Waals surface area contributed by atoms with Crippen molar-refractivity contribution in [2.45, 2.75) is 25.9 Å². The Balaban J connectivity index is 1.50. The summed E-state index contributed by atoms with van der Waals surface area (Å²) < 4.78 is 40.1. The summed E-state index contributed by atoms with van der Waals surface area (Å²) >= 11 is 0. The Hall–Kier alpha value is -2.35.